The van der Waals surface area contributed by atoms with Crippen molar-refractivity contribution in [1.82, 2.24) is 14.9 Å². The minimum atomic E-state index is -3.46. The summed E-state index contributed by atoms with van der Waals surface area (Å²) in [7, 11) is -1.99. The third-order valence-corrected chi connectivity index (χ3v) is 6.87. The molecule has 0 saturated carbocycles. The second kappa shape index (κ2) is 9.93. The molecule has 0 fully saturated rings. The first-order chi connectivity index (χ1) is 16.3. The van der Waals surface area contributed by atoms with Gasteiger partial charge in [0, 0.05) is 24.3 Å². The molecule has 1 heterocycles. The van der Waals surface area contributed by atoms with Gasteiger partial charge in [0.2, 0.25) is 15.8 Å². The van der Waals surface area contributed by atoms with E-state index in [-0.39, 0.29) is 30.4 Å². The van der Waals surface area contributed by atoms with Gasteiger partial charge in [0.15, 0.2) is 0 Å². The van der Waals surface area contributed by atoms with Gasteiger partial charge in [-0.15, -0.1) is 0 Å². The third-order valence-electron chi connectivity index (χ3n) is 5.53. The number of hydrogen-bond donors (Lipinski definition) is 1. The molecule has 178 valence electrons. The summed E-state index contributed by atoms with van der Waals surface area (Å²) in [6.07, 6.45) is 1.28. The lowest BCUT2D eigenvalue weighted by Gasteiger charge is -2.14. The fourth-order valence-electron chi connectivity index (χ4n) is 4.01. The highest BCUT2D eigenvalue weighted by atomic mass is 32.2. The Balaban J connectivity index is 1.60. The van der Waals surface area contributed by atoms with Gasteiger partial charge in [-0.3, -0.25) is 0 Å². The zero-order chi connectivity index (χ0) is 24.3. The van der Waals surface area contributed by atoms with Crippen molar-refractivity contribution in [3.8, 4) is 34.7 Å². The van der Waals surface area contributed by atoms with E-state index in [1.165, 1.54) is 7.11 Å². The summed E-state index contributed by atoms with van der Waals surface area (Å²) in [6.45, 7) is 3.93. The number of methoxy groups -OCH3 is 1. The summed E-state index contributed by atoms with van der Waals surface area (Å²) in [5.41, 5.74) is 3.70. The van der Waals surface area contributed by atoms with E-state index in [1.54, 1.807) is 18.2 Å². The molecule has 1 aromatic heterocycles. The minimum absolute atomic E-state index is 0.0542. The van der Waals surface area contributed by atoms with Gasteiger partial charge in [-0.1, -0.05) is 23.4 Å². The lowest BCUT2D eigenvalue weighted by molar-refractivity contribution is 0.216. The predicted octanol–water partition coefficient (Wildman–Crippen LogP) is 3.62. The Bertz CT molecular complexity index is 1330. The van der Waals surface area contributed by atoms with Gasteiger partial charge in [-0.05, 0) is 56.0 Å². The molecule has 4 rings (SSSR count). The van der Waals surface area contributed by atoms with Crippen molar-refractivity contribution in [1.29, 1.82) is 5.26 Å². The maximum absolute atomic E-state index is 12.3. The predicted molar refractivity (Wildman–Crippen MR) is 126 cm³/mol. The molecule has 0 radical (unpaired) electrons. The van der Waals surface area contributed by atoms with Gasteiger partial charge in [0.1, 0.15) is 11.8 Å². The largest absolute Gasteiger partial charge is 0.490 e. The Labute approximate surface area is 198 Å². The van der Waals surface area contributed by atoms with E-state index in [0.29, 0.717) is 35.5 Å². The van der Waals surface area contributed by atoms with E-state index in [0.717, 1.165) is 16.7 Å². The van der Waals surface area contributed by atoms with E-state index in [2.05, 4.69) is 20.9 Å². The van der Waals surface area contributed by atoms with Crippen LogP contribution in [0.25, 0.3) is 22.8 Å². The van der Waals surface area contributed by atoms with Gasteiger partial charge < -0.3 is 14.0 Å². The molecule has 0 amide bonds. The average molecular weight is 483 g/mol. The summed E-state index contributed by atoms with van der Waals surface area (Å²) >= 11 is 0. The molecular weight excluding hydrogens is 456 g/mol. The lowest BCUT2D eigenvalue weighted by atomic mass is 10.0. The highest BCUT2D eigenvalue weighted by Crippen LogP contribution is 2.38. The zero-order valence-electron chi connectivity index (χ0n) is 19.2. The highest BCUT2D eigenvalue weighted by molar-refractivity contribution is 7.89. The molecule has 1 aliphatic rings. The minimum Gasteiger partial charge on any atom is -0.490 e. The number of nitriles is 1. The molecule has 0 bridgehead atoms. The quantitative estimate of drug-likeness (QED) is 0.490. The van der Waals surface area contributed by atoms with Crippen molar-refractivity contribution in [3.05, 3.63) is 53.1 Å². The van der Waals surface area contributed by atoms with Crippen LogP contribution in [0, 0.1) is 11.3 Å². The Morgan fingerprint density at radius 1 is 1.29 bits per heavy atom. The van der Waals surface area contributed by atoms with Crippen molar-refractivity contribution < 1.29 is 22.4 Å². The zero-order valence-corrected chi connectivity index (χ0v) is 20.1. The summed E-state index contributed by atoms with van der Waals surface area (Å²) < 4.78 is 43.5. The SMILES string of the molecule is COCCS(=O)(=O)N[C@@H]1CCc2c(-c3noc(-c4ccc(OC(C)C)c(C#N)c4)n3)cccc21. The van der Waals surface area contributed by atoms with Gasteiger partial charge in [-0.2, -0.15) is 10.2 Å². The van der Waals surface area contributed by atoms with Crippen LogP contribution >= 0.6 is 0 Å². The number of fused-ring (bicyclic) bond motifs is 1. The molecule has 1 atom stereocenters. The Hall–Kier alpha value is -3.26. The van der Waals surface area contributed by atoms with Crippen LogP contribution in [0.1, 0.15) is 43.0 Å². The molecule has 0 aliphatic heterocycles. The average Bonchev–Trinajstić information content (AvgIpc) is 3.45. The highest BCUT2D eigenvalue weighted by Gasteiger charge is 2.29. The molecule has 2 aromatic carbocycles. The van der Waals surface area contributed by atoms with Crippen LogP contribution < -0.4 is 9.46 Å². The van der Waals surface area contributed by atoms with Crippen LogP contribution in [-0.2, 0) is 21.2 Å². The van der Waals surface area contributed by atoms with Crippen molar-refractivity contribution >= 4 is 10.0 Å². The fourth-order valence-corrected chi connectivity index (χ4v) is 5.19. The molecule has 34 heavy (non-hydrogen) atoms. The summed E-state index contributed by atoms with van der Waals surface area (Å²) in [5, 5.41) is 13.6. The molecule has 10 heteroatoms. The lowest BCUT2D eigenvalue weighted by Crippen LogP contribution is -2.31. The topological polar surface area (TPSA) is 127 Å². The number of rotatable bonds is 9. The van der Waals surface area contributed by atoms with Crippen LogP contribution in [0.3, 0.4) is 0 Å². The summed E-state index contributed by atoms with van der Waals surface area (Å²) in [6, 6.07) is 12.7. The normalized spacial score (nSPS) is 15.3. The van der Waals surface area contributed by atoms with Crippen LogP contribution in [0.5, 0.6) is 5.75 Å². The first-order valence-corrected chi connectivity index (χ1v) is 12.6. The first kappa shape index (κ1) is 23.9. The fraction of sp³-hybridized carbons (Fsp3) is 0.375. The number of ether oxygens (including phenoxy) is 2. The summed E-state index contributed by atoms with van der Waals surface area (Å²) in [4.78, 5) is 4.55. The second-order valence-electron chi connectivity index (χ2n) is 8.31. The smallest absolute Gasteiger partial charge is 0.258 e. The Morgan fingerprint density at radius 2 is 2.12 bits per heavy atom. The van der Waals surface area contributed by atoms with E-state index in [9.17, 15) is 13.7 Å². The molecule has 0 saturated heterocycles. The second-order valence-corrected chi connectivity index (χ2v) is 10.2. The molecule has 0 spiro atoms. The van der Waals surface area contributed by atoms with Crippen LogP contribution in [0.4, 0.5) is 0 Å². The monoisotopic (exact) mass is 482 g/mol. The van der Waals surface area contributed by atoms with Gasteiger partial charge >= 0.3 is 0 Å². The van der Waals surface area contributed by atoms with E-state index in [4.69, 9.17) is 14.0 Å². The maximum Gasteiger partial charge on any atom is 0.258 e. The van der Waals surface area contributed by atoms with Gasteiger partial charge in [0.05, 0.1) is 24.0 Å². The number of nitrogens with zero attached hydrogens (tertiary/aromatic N) is 3. The standard InChI is InChI=1S/C24H26N4O5S/c1-15(2)32-22-10-7-16(13-17(22)14-25)24-26-23(27-33-24)20-6-4-5-19-18(20)8-9-21(19)28-34(29,30)12-11-31-3/h4-7,10,13,15,21,28H,8-9,11-12H2,1-3H3/t21-/m1/s1. The number of sulfonamides is 1. The third kappa shape index (κ3) is 5.12. The van der Waals surface area contributed by atoms with E-state index >= 15 is 0 Å². The van der Waals surface area contributed by atoms with Crippen molar-refractivity contribution in [2.45, 2.75) is 38.8 Å². The van der Waals surface area contributed by atoms with Crippen LogP contribution in [0.2, 0.25) is 0 Å². The molecular formula is C24H26N4O5S. The van der Waals surface area contributed by atoms with Crippen molar-refractivity contribution in [2.75, 3.05) is 19.5 Å². The van der Waals surface area contributed by atoms with Crippen molar-refractivity contribution in [3.63, 3.8) is 0 Å². The van der Waals surface area contributed by atoms with Gasteiger partial charge in [0.25, 0.3) is 5.89 Å². The van der Waals surface area contributed by atoms with Crippen LogP contribution in [-0.4, -0.2) is 44.1 Å². The molecule has 9 nitrogen and oxygen atoms in total. The molecule has 1 N–H and O–H groups in total. The summed E-state index contributed by atoms with van der Waals surface area (Å²) in [5.74, 6) is 1.11. The number of hydrogen-bond acceptors (Lipinski definition) is 8. The van der Waals surface area contributed by atoms with Crippen molar-refractivity contribution in [2.24, 2.45) is 0 Å². The van der Waals surface area contributed by atoms with Gasteiger partial charge in [-0.25, -0.2) is 13.1 Å². The Kier molecular flexibility index (Phi) is 6.97. The number of aromatic nitrogens is 2. The molecule has 1 aliphatic carbocycles. The first-order valence-electron chi connectivity index (χ1n) is 11.0. The Morgan fingerprint density at radius 3 is 2.85 bits per heavy atom. The maximum atomic E-state index is 12.3. The number of benzene rings is 2. The molecule has 0 unspecified atom stereocenters. The molecule has 3 aromatic rings. The van der Waals surface area contributed by atoms with E-state index in [1.807, 2.05) is 32.0 Å². The van der Waals surface area contributed by atoms with E-state index < -0.39 is 10.0 Å². The van der Waals surface area contributed by atoms with Crippen LogP contribution in [0.15, 0.2) is 40.9 Å². The number of nitrogens with one attached hydrogen (secondary N) is 1.